The molecule has 0 amide bonds. The summed E-state index contributed by atoms with van der Waals surface area (Å²) in [5, 5.41) is 14.1. The number of hydrogen-bond acceptors (Lipinski definition) is 5. The van der Waals surface area contributed by atoms with E-state index in [1.165, 1.54) is 5.56 Å². The van der Waals surface area contributed by atoms with Gasteiger partial charge in [0.1, 0.15) is 5.82 Å². The maximum Gasteiger partial charge on any atom is 0.226 e. The largest absolute Gasteiger partial charge is 0.357 e. The van der Waals surface area contributed by atoms with Crippen molar-refractivity contribution in [3.63, 3.8) is 0 Å². The molecule has 6 heteroatoms. The Morgan fingerprint density at radius 1 is 1.15 bits per heavy atom. The van der Waals surface area contributed by atoms with E-state index in [0.717, 1.165) is 22.5 Å². The van der Waals surface area contributed by atoms with E-state index in [2.05, 4.69) is 62.8 Å². The molecule has 0 bridgehead atoms. The summed E-state index contributed by atoms with van der Waals surface area (Å²) >= 11 is 0. The number of fused-ring (bicyclic) bond motifs is 1. The van der Waals surface area contributed by atoms with E-state index in [4.69, 9.17) is 0 Å². The first-order valence-corrected chi connectivity index (χ1v) is 6.40. The minimum Gasteiger partial charge on any atom is -0.357 e. The molecule has 0 aliphatic heterocycles. The number of hydrogen-bond donors (Lipinski definition) is 3. The summed E-state index contributed by atoms with van der Waals surface area (Å²) < 4.78 is 0. The van der Waals surface area contributed by atoms with Gasteiger partial charge in [-0.15, -0.1) is 0 Å². The van der Waals surface area contributed by atoms with Crippen LogP contribution in [0.2, 0.25) is 0 Å². The van der Waals surface area contributed by atoms with Crippen molar-refractivity contribution in [2.24, 2.45) is 0 Å². The second kappa shape index (κ2) is 4.80. The Morgan fingerprint density at radius 2 is 2.00 bits per heavy atom. The summed E-state index contributed by atoms with van der Waals surface area (Å²) in [5.74, 6) is 1.29. The second-order valence-electron chi connectivity index (χ2n) is 4.72. The summed E-state index contributed by atoms with van der Waals surface area (Å²) in [5.41, 5.74) is 4.10. The Balaban J connectivity index is 2.09. The number of nitrogens with zero attached hydrogens (tertiary/aromatic N) is 3. The van der Waals surface area contributed by atoms with Crippen LogP contribution in [0.1, 0.15) is 11.1 Å². The van der Waals surface area contributed by atoms with Crippen molar-refractivity contribution < 1.29 is 0 Å². The summed E-state index contributed by atoms with van der Waals surface area (Å²) in [6.07, 6.45) is 1.72. The molecule has 3 aromatic rings. The smallest absolute Gasteiger partial charge is 0.226 e. The van der Waals surface area contributed by atoms with Crippen molar-refractivity contribution in [1.29, 1.82) is 0 Å². The van der Waals surface area contributed by atoms with Crippen molar-refractivity contribution in [2.75, 3.05) is 17.7 Å². The van der Waals surface area contributed by atoms with Gasteiger partial charge in [0.25, 0.3) is 0 Å². The molecule has 6 nitrogen and oxygen atoms in total. The Hall–Kier alpha value is -2.63. The van der Waals surface area contributed by atoms with Crippen LogP contribution in [-0.2, 0) is 0 Å². The van der Waals surface area contributed by atoms with E-state index >= 15 is 0 Å². The highest BCUT2D eigenvalue weighted by molar-refractivity contribution is 5.89. The molecule has 0 spiro atoms. The fourth-order valence-corrected chi connectivity index (χ4v) is 2.04. The van der Waals surface area contributed by atoms with Gasteiger partial charge in [0.2, 0.25) is 5.95 Å². The maximum absolute atomic E-state index is 4.46. The molecule has 2 aromatic heterocycles. The molecule has 3 rings (SSSR count). The number of nitrogens with one attached hydrogen (secondary N) is 3. The van der Waals surface area contributed by atoms with Crippen LogP contribution in [0.5, 0.6) is 0 Å². The van der Waals surface area contributed by atoms with Gasteiger partial charge in [-0.3, -0.25) is 5.10 Å². The van der Waals surface area contributed by atoms with E-state index < -0.39 is 0 Å². The number of H-pyrrole nitrogens is 1. The van der Waals surface area contributed by atoms with Gasteiger partial charge in [0, 0.05) is 12.7 Å². The van der Waals surface area contributed by atoms with Crippen molar-refractivity contribution >= 4 is 28.5 Å². The van der Waals surface area contributed by atoms with Crippen LogP contribution in [0.4, 0.5) is 17.5 Å². The predicted molar refractivity (Wildman–Crippen MR) is 80.4 cm³/mol. The summed E-state index contributed by atoms with van der Waals surface area (Å²) in [6.45, 7) is 4.13. The molecular weight excluding hydrogens is 252 g/mol. The van der Waals surface area contributed by atoms with E-state index in [1.807, 2.05) is 0 Å². The number of benzene rings is 1. The molecule has 0 radical (unpaired) electrons. The quantitative estimate of drug-likeness (QED) is 0.680. The average molecular weight is 268 g/mol. The molecule has 20 heavy (non-hydrogen) atoms. The lowest BCUT2D eigenvalue weighted by Crippen LogP contribution is -2.02. The van der Waals surface area contributed by atoms with Crippen LogP contribution in [0.25, 0.3) is 11.0 Å². The number of anilines is 3. The third kappa shape index (κ3) is 2.16. The molecule has 0 saturated heterocycles. The third-order valence-corrected chi connectivity index (χ3v) is 3.18. The Kier molecular flexibility index (Phi) is 2.98. The van der Waals surface area contributed by atoms with E-state index in [0.29, 0.717) is 11.6 Å². The molecule has 3 N–H and O–H groups in total. The number of aromatic amines is 1. The highest BCUT2D eigenvalue weighted by atomic mass is 15.2. The Bertz CT molecular complexity index is 761. The summed E-state index contributed by atoms with van der Waals surface area (Å²) in [6, 6.07) is 6.28. The van der Waals surface area contributed by atoms with Crippen molar-refractivity contribution in [1.82, 2.24) is 20.2 Å². The van der Waals surface area contributed by atoms with Gasteiger partial charge in [-0.25, -0.2) is 0 Å². The molecule has 2 heterocycles. The normalized spacial score (nSPS) is 10.8. The van der Waals surface area contributed by atoms with Crippen LogP contribution in [0.15, 0.2) is 24.4 Å². The van der Waals surface area contributed by atoms with Gasteiger partial charge in [-0.1, -0.05) is 12.1 Å². The van der Waals surface area contributed by atoms with Gasteiger partial charge in [-0.2, -0.15) is 15.1 Å². The molecule has 0 fully saturated rings. The van der Waals surface area contributed by atoms with Crippen molar-refractivity contribution in [2.45, 2.75) is 13.8 Å². The van der Waals surface area contributed by atoms with E-state index in [9.17, 15) is 0 Å². The highest BCUT2D eigenvalue weighted by Crippen LogP contribution is 2.26. The van der Waals surface area contributed by atoms with Gasteiger partial charge < -0.3 is 10.6 Å². The molecule has 1 aromatic carbocycles. The first-order chi connectivity index (χ1) is 9.67. The number of aromatic nitrogens is 4. The maximum atomic E-state index is 4.46. The molecule has 0 unspecified atom stereocenters. The molecule has 102 valence electrons. The predicted octanol–water partition coefficient (Wildman–Crippen LogP) is 2.76. The minimum absolute atomic E-state index is 0.551. The topological polar surface area (TPSA) is 78.5 Å². The van der Waals surface area contributed by atoms with Gasteiger partial charge in [0.05, 0.1) is 11.6 Å². The zero-order valence-electron chi connectivity index (χ0n) is 11.7. The standard InChI is InChI=1S/C14H16N6/c1-8-4-5-9(2)11(6-8)17-12-10-7-16-20-13(10)19-14(15-3)18-12/h4-7H,1-3H3,(H3,15,16,17,18,19,20). The molecule has 0 atom stereocenters. The monoisotopic (exact) mass is 268 g/mol. The van der Waals surface area contributed by atoms with Crippen molar-refractivity contribution in [3.05, 3.63) is 35.5 Å². The zero-order valence-corrected chi connectivity index (χ0v) is 11.7. The first-order valence-electron chi connectivity index (χ1n) is 6.40. The zero-order chi connectivity index (χ0) is 14.1. The molecule has 0 saturated carbocycles. The van der Waals surface area contributed by atoms with Crippen LogP contribution >= 0.6 is 0 Å². The lowest BCUT2D eigenvalue weighted by molar-refractivity contribution is 1.09. The van der Waals surface area contributed by atoms with E-state index in [1.54, 1.807) is 13.2 Å². The third-order valence-electron chi connectivity index (χ3n) is 3.18. The molecule has 0 aliphatic carbocycles. The molecule has 0 aliphatic rings. The van der Waals surface area contributed by atoms with E-state index in [-0.39, 0.29) is 0 Å². The van der Waals surface area contributed by atoms with Gasteiger partial charge in [-0.05, 0) is 31.0 Å². The number of aryl methyl sites for hydroxylation is 2. The summed E-state index contributed by atoms with van der Waals surface area (Å²) in [4.78, 5) is 8.78. The van der Waals surface area contributed by atoms with Crippen LogP contribution in [0.3, 0.4) is 0 Å². The number of rotatable bonds is 3. The fourth-order valence-electron chi connectivity index (χ4n) is 2.04. The fraction of sp³-hybridized carbons (Fsp3) is 0.214. The van der Waals surface area contributed by atoms with Crippen LogP contribution in [0, 0.1) is 13.8 Å². The van der Waals surface area contributed by atoms with Crippen LogP contribution < -0.4 is 10.6 Å². The minimum atomic E-state index is 0.551. The van der Waals surface area contributed by atoms with Gasteiger partial charge >= 0.3 is 0 Å². The lowest BCUT2D eigenvalue weighted by Gasteiger charge is -2.11. The average Bonchev–Trinajstić information content (AvgIpc) is 2.91. The first kappa shape index (κ1) is 12.4. The summed E-state index contributed by atoms with van der Waals surface area (Å²) in [7, 11) is 1.79. The Morgan fingerprint density at radius 3 is 2.80 bits per heavy atom. The Labute approximate surface area is 116 Å². The second-order valence-corrected chi connectivity index (χ2v) is 4.72. The van der Waals surface area contributed by atoms with Gasteiger partial charge in [0.15, 0.2) is 5.65 Å². The highest BCUT2D eigenvalue weighted by Gasteiger charge is 2.10. The SMILES string of the molecule is CNc1nc(Nc2cc(C)ccc2C)c2cn[nH]c2n1. The van der Waals surface area contributed by atoms with Crippen molar-refractivity contribution in [3.8, 4) is 0 Å². The molecular formula is C14H16N6. The van der Waals surface area contributed by atoms with Crippen LogP contribution in [-0.4, -0.2) is 27.2 Å². The lowest BCUT2D eigenvalue weighted by atomic mass is 10.1.